The molecule has 0 spiro atoms. The highest BCUT2D eigenvalue weighted by Crippen LogP contribution is 2.18. The minimum atomic E-state index is -1.44. The number of nitrogens with one attached hydrogen (secondary N) is 2. The minimum absolute atomic E-state index is 0.418. The summed E-state index contributed by atoms with van der Waals surface area (Å²) in [5.74, 6) is -1.31. The van der Waals surface area contributed by atoms with Gasteiger partial charge in [-0.2, -0.15) is 0 Å². The Labute approximate surface area is 125 Å². The molecule has 1 aromatic heterocycles. The molecule has 0 fully saturated rings. The van der Waals surface area contributed by atoms with Crippen LogP contribution in [0.3, 0.4) is 0 Å². The fourth-order valence-electron chi connectivity index (χ4n) is 1.76. The third-order valence-corrected chi connectivity index (χ3v) is 3.55. The van der Waals surface area contributed by atoms with Crippen molar-refractivity contribution in [1.82, 2.24) is 5.32 Å². The Morgan fingerprint density at radius 3 is 2.38 bits per heavy atom. The lowest BCUT2D eigenvalue weighted by Gasteiger charge is -2.20. The van der Waals surface area contributed by atoms with Gasteiger partial charge in [-0.15, -0.1) is 11.3 Å². The average molecular weight is 306 g/mol. The zero-order valence-corrected chi connectivity index (χ0v) is 11.7. The molecule has 0 radical (unpaired) electrons. The van der Waals surface area contributed by atoms with Gasteiger partial charge in [0.2, 0.25) is 0 Å². The Kier molecular flexibility index (Phi) is 4.91. The number of carbonyl (C=O) groups excluding carboxylic acids is 1. The molecule has 0 saturated carbocycles. The number of hydrogen-bond donors (Lipinski definition) is 4. The first-order chi connectivity index (χ1) is 10.1. The molecule has 0 aliphatic carbocycles. The Hall–Kier alpha value is -2.38. The standard InChI is InChI=1S/C14H14N2O4S/c17-12(9-5-2-1-3-6-9)11(13(18)19)16-14(20)15-10-7-4-8-21-10/h1-8,11-12,17H,(H,18,19)(H2,15,16,20). The summed E-state index contributed by atoms with van der Waals surface area (Å²) in [4.78, 5) is 23.0. The fraction of sp³-hybridized carbons (Fsp3) is 0.143. The molecule has 0 bridgehead atoms. The van der Waals surface area contributed by atoms with Crippen LogP contribution in [0.5, 0.6) is 0 Å². The Morgan fingerprint density at radius 1 is 1.10 bits per heavy atom. The number of hydrogen-bond acceptors (Lipinski definition) is 4. The van der Waals surface area contributed by atoms with Crippen LogP contribution in [0, 0.1) is 0 Å². The number of urea groups is 1. The number of carboxylic acid groups (broad SMARTS) is 1. The van der Waals surface area contributed by atoms with E-state index in [0.29, 0.717) is 10.6 Å². The van der Waals surface area contributed by atoms with Crippen molar-refractivity contribution in [2.75, 3.05) is 5.32 Å². The number of amides is 2. The smallest absolute Gasteiger partial charge is 0.329 e. The summed E-state index contributed by atoms with van der Waals surface area (Å²) in [7, 11) is 0. The van der Waals surface area contributed by atoms with E-state index >= 15 is 0 Å². The Balaban J connectivity index is 2.05. The van der Waals surface area contributed by atoms with E-state index in [4.69, 9.17) is 0 Å². The molecule has 6 nitrogen and oxygen atoms in total. The number of rotatable bonds is 5. The highest BCUT2D eigenvalue weighted by molar-refractivity contribution is 7.14. The van der Waals surface area contributed by atoms with Crippen molar-refractivity contribution in [2.24, 2.45) is 0 Å². The third kappa shape index (κ3) is 4.04. The zero-order valence-electron chi connectivity index (χ0n) is 10.9. The van der Waals surface area contributed by atoms with Gasteiger partial charge in [-0.25, -0.2) is 9.59 Å². The van der Waals surface area contributed by atoms with E-state index < -0.39 is 24.1 Å². The summed E-state index contributed by atoms with van der Waals surface area (Å²) in [5.41, 5.74) is 0.418. The molecule has 0 aliphatic rings. The van der Waals surface area contributed by atoms with Crippen LogP contribution in [0.1, 0.15) is 11.7 Å². The van der Waals surface area contributed by atoms with Crippen LogP contribution in [0.25, 0.3) is 0 Å². The van der Waals surface area contributed by atoms with Gasteiger partial charge < -0.3 is 15.5 Å². The Morgan fingerprint density at radius 2 is 1.81 bits per heavy atom. The van der Waals surface area contributed by atoms with Crippen molar-refractivity contribution in [2.45, 2.75) is 12.1 Å². The van der Waals surface area contributed by atoms with E-state index in [9.17, 15) is 19.8 Å². The summed E-state index contributed by atoms with van der Waals surface area (Å²) >= 11 is 1.31. The van der Waals surface area contributed by atoms with Gasteiger partial charge in [0, 0.05) is 0 Å². The molecule has 0 aliphatic heterocycles. The van der Waals surface area contributed by atoms with Crippen molar-refractivity contribution in [3.05, 3.63) is 53.4 Å². The van der Waals surface area contributed by atoms with Crippen LogP contribution >= 0.6 is 11.3 Å². The summed E-state index contributed by atoms with van der Waals surface area (Å²) in [6, 6.07) is 9.64. The predicted octanol–water partition coefficient (Wildman–Crippen LogP) is 2.06. The highest BCUT2D eigenvalue weighted by atomic mass is 32.1. The van der Waals surface area contributed by atoms with Crippen LogP contribution in [0.4, 0.5) is 9.80 Å². The average Bonchev–Trinajstić information content (AvgIpc) is 2.97. The van der Waals surface area contributed by atoms with E-state index in [1.54, 1.807) is 47.8 Å². The molecule has 2 amide bonds. The third-order valence-electron chi connectivity index (χ3n) is 2.77. The van der Waals surface area contributed by atoms with E-state index in [0.717, 1.165) is 0 Å². The first-order valence-corrected chi connectivity index (χ1v) is 7.02. The quantitative estimate of drug-likeness (QED) is 0.679. The summed E-state index contributed by atoms with van der Waals surface area (Å²) in [6.45, 7) is 0. The van der Waals surface area contributed by atoms with E-state index in [2.05, 4.69) is 10.6 Å². The minimum Gasteiger partial charge on any atom is -0.480 e. The number of thiophene rings is 1. The molecule has 110 valence electrons. The van der Waals surface area contributed by atoms with Crippen LogP contribution in [0.15, 0.2) is 47.8 Å². The monoisotopic (exact) mass is 306 g/mol. The van der Waals surface area contributed by atoms with Crippen molar-refractivity contribution in [1.29, 1.82) is 0 Å². The molecule has 2 rings (SSSR count). The second-order valence-electron chi connectivity index (χ2n) is 4.25. The maximum atomic E-state index is 11.8. The molecule has 0 saturated heterocycles. The van der Waals surface area contributed by atoms with Crippen LogP contribution in [0.2, 0.25) is 0 Å². The molecule has 2 aromatic rings. The molecule has 7 heteroatoms. The number of benzene rings is 1. The van der Waals surface area contributed by atoms with Gasteiger partial charge in [0.05, 0.1) is 5.00 Å². The number of carbonyl (C=O) groups is 2. The van der Waals surface area contributed by atoms with Gasteiger partial charge in [0.1, 0.15) is 6.10 Å². The van der Waals surface area contributed by atoms with Gasteiger partial charge in [0.25, 0.3) is 0 Å². The second-order valence-corrected chi connectivity index (χ2v) is 5.19. The normalized spacial score (nSPS) is 13.2. The molecule has 1 aromatic carbocycles. The lowest BCUT2D eigenvalue weighted by molar-refractivity contribution is -0.142. The fourth-order valence-corrected chi connectivity index (χ4v) is 2.37. The first kappa shape index (κ1) is 15.0. The van der Waals surface area contributed by atoms with E-state index in [1.165, 1.54) is 11.3 Å². The lowest BCUT2D eigenvalue weighted by atomic mass is 10.0. The molecule has 4 N–H and O–H groups in total. The SMILES string of the molecule is O=C(Nc1cccs1)NC(C(=O)O)C(O)c1ccccc1. The number of anilines is 1. The summed E-state index contributed by atoms with van der Waals surface area (Å²) in [6.07, 6.45) is -1.34. The van der Waals surface area contributed by atoms with Crippen molar-refractivity contribution >= 4 is 28.3 Å². The maximum Gasteiger partial charge on any atom is 0.329 e. The molecular formula is C14H14N2O4S. The van der Waals surface area contributed by atoms with Gasteiger partial charge in [-0.05, 0) is 23.1 Å². The van der Waals surface area contributed by atoms with Crippen LogP contribution in [-0.2, 0) is 4.79 Å². The van der Waals surface area contributed by atoms with E-state index in [1.807, 2.05) is 0 Å². The topological polar surface area (TPSA) is 98.7 Å². The van der Waals surface area contributed by atoms with Gasteiger partial charge in [0.15, 0.2) is 6.04 Å². The van der Waals surface area contributed by atoms with Crippen molar-refractivity contribution in [3.8, 4) is 0 Å². The van der Waals surface area contributed by atoms with Gasteiger partial charge >= 0.3 is 12.0 Å². The number of carboxylic acids is 1. The van der Waals surface area contributed by atoms with Crippen molar-refractivity contribution < 1.29 is 19.8 Å². The summed E-state index contributed by atoms with van der Waals surface area (Å²) in [5, 5.41) is 26.4. The highest BCUT2D eigenvalue weighted by Gasteiger charge is 2.29. The largest absolute Gasteiger partial charge is 0.480 e. The predicted molar refractivity (Wildman–Crippen MR) is 79.3 cm³/mol. The molecule has 1 heterocycles. The Bertz CT molecular complexity index is 601. The number of aliphatic carboxylic acids is 1. The van der Waals surface area contributed by atoms with Gasteiger partial charge in [-0.1, -0.05) is 30.3 Å². The van der Waals surface area contributed by atoms with Crippen LogP contribution < -0.4 is 10.6 Å². The molecule has 21 heavy (non-hydrogen) atoms. The number of aliphatic hydroxyl groups excluding tert-OH is 1. The second kappa shape index (κ2) is 6.87. The molecule has 2 atom stereocenters. The van der Waals surface area contributed by atoms with Gasteiger partial charge in [-0.3, -0.25) is 5.32 Å². The summed E-state index contributed by atoms with van der Waals surface area (Å²) < 4.78 is 0. The lowest BCUT2D eigenvalue weighted by Crippen LogP contribution is -2.46. The zero-order chi connectivity index (χ0) is 15.2. The maximum absolute atomic E-state index is 11.8. The number of aliphatic hydroxyl groups is 1. The van der Waals surface area contributed by atoms with E-state index in [-0.39, 0.29) is 0 Å². The van der Waals surface area contributed by atoms with Crippen LogP contribution in [-0.4, -0.2) is 28.3 Å². The molecule has 2 unspecified atom stereocenters. The van der Waals surface area contributed by atoms with Crippen molar-refractivity contribution in [3.63, 3.8) is 0 Å². The first-order valence-electron chi connectivity index (χ1n) is 6.15. The molecular weight excluding hydrogens is 292 g/mol.